The number of ether oxygens (including phenoxy) is 2. The molecule has 1 N–H and O–H groups in total. The second-order valence-electron chi connectivity index (χ2n) is 4.18. The van der Waals surface area contributed by atoms with Gasteiger partial charge in [-0.2, -0.15) is 0 Å². The van der Waals surface area contributed by atoms with Crippen molar-refractivity contribution in [3.8, 4) is 5.75 Å². The van der Waals surface area contributed by atoms with Crippen LogP contribution in [-0.4, -0.2) is 26.2 Å². The first-order valence-electron chi connectivity index (χ1n) is 6.46. The molecule has 0 unspecified atom stereocenters. The zero-order valence-corrected chi connectivity index (χ0v) is 14.8. The second-order valence-corrected chi connectivity index (χ2v) is 5.89. The highest BCUT2D eigenvalue weighted by Gasteiger charge is 2.08. The zero-order valence-electron chi connectivity index (χ0n) is 11.7. The van der Waals surface area contributed by atoms with E-state index >= 15 is 0 Å². The van der Waals surface area contributed by atoms with Crippen LogP contribution in [0, 0.1) is 0 Å². The zero-order chi connectivity index (χ0) is 15.0. The van der Waals surface area contributed by atoms with Crippen LogP contribution < -0.4 is 10.1 Å². The molecule has 0 radical (unpaired) electrons. The highest BCUT2D eigenvalue weighted by molar-refractivity contribution is 9.11. The maximum Gasteiger partial charge on any atom is 0.305 e. The monoisotopic (exact) mass is 407 g/mol. The number of nitrogens with one attached hydrogen (secondary N) is 1. The Bertz CT molecular complexity index is 429. The average Bonchev–Trinajstić information content (AvgIpc) is 2.42. The predicted molar refractivity (Wildman–Crippen MR) is 86.0 cm³/mol. The molecule has 0 bridgehead atoms. The minimum Gasteiger partial charge on any atom is -0.492 e. The van der Waals surface area contributed by atoms with E-state index in [-0.39, 0.29) is 5.97 Å². The Hall–Kier alpha value is -0.590. The van der Waals surface area contributed by atoms with Gasteiger partial charge >= 0.3 is 5.97 Å². The Morgan fingerprint density at radius 1 is 1.30 bits per heavy atom. The lowest BCUT2D eigenvalue weighted by Crippen LogP contribution is -2.16. The maximum absolute atomic E-state index is 11.0. The van der Waals surface area contributed by atoms with E-state index in [1.165, 1.54) is 7.11 Å². The standard InChI is InChI=1S/C14H19Br2NO3/c1-3-20-14-11(15)7-10(8-12(14)16)9-17-6-4-5-13(18)19-2/h7-8,17H,3-6,9H2,1-2H3. The molecule has 1 aromatic carbocycles. The fourth-order valence-electron chi connectivity index (χ4n) is 1.69. The fourth-order valence-corrected chi connectivity index (χ4v) is 3.20. The number of hydrogen-bond donors (Lipinski definition) is 1. The summed E-state index contributed by atoms with van der Waals surface area (Å²) in [4.78, 5) is 11.0. The third-order valence-electron chi connectivity index (χ3n) is 2.64. The molecule has 6 heteroatoms. The molecule has 0 fully saturated rings. The van der Waals surface area contributed by atoms with E-state index < -0.39 is 0 Å². The highest BCUT2D eigenvalue weighted by atomic mass is 79.9. The Balaban J connectivity index is 2.43. The molecular weight excluding hydrogens is 390 g/mol. The Morgan fingerprint density at radius 3 is 2.50 bits per heavy atom. The molecule has 0 spiro atoms. The summed E-state index contributed by atoms with van der Waals surface area (Å²) in [5.74, 6) is 0.653. The van der Waals surface area contributed by atoms with Gasteiger partial charge in [0.15, 0.2) is 0 Å². The third-order valence-corrected chi connectivity index (χ3v) is 3.82. The van der Waals surface area contributed by atoms with Gasteiger partial charge in [-0.05, 0) is 69.4 Å². The van der Waals surface area contributed by atoms with Crippen LogP contribution in [0.1, 0.15) is 25.3 Å². The van der Waals surface area contributed by atoms with Crippen molar-refractivity contribution >= 4 is 37.8 Å². The van der Waals surface area contributed by atoms with Crippen LogP contribution in [0.5, 0.6) is 5.75 Å². The molecule has 0 amide bonds. The molecule has 112 valence electrons. The van der Waals surface area contributed by atoms with Crippen molar-refractivity contribution < 1.29 is 14.3 Å². The number of benzene rings is 1. The number of carbonyl (C=O) groups excluding carboxylic acids is 1. The van der Waals surface area contributed by atoms with Crippen LogP contribution in [0.4, 0.5) is 0 Å². The van der Waals surface area contributed by atoms with E-state index in [1.54, 1.807) is 0 Å². The smallest absolute Gasteiger partial charge is 0.305 e. The molecule has 0 aromatic heterocycles. The molecule has 1 aromatic rings. The summed E-state index contributed by atoms with van der Waals surface area (Å²) in [6.07, 6.45) is 1.21. The summed E-state index contributed by atoms with van der Waals surface area (Å²) in [5.41, 5.74) is 1.14. The van der Waals surface area contributed by atoms with E-state index in [9.17, 15) is 4.79 Å². The van der Waals surface area contributed by atoms with Gasteiger partial charge in [-0.25, -0.2) is 0 Å². The van der Waals surface area contributed by atoms with Crippen molar-refractivity contribution in [3.05, 3.63) is 26.6 Å². The van der Waals surface area contributed by atoms with Crippen molar-refractivity contribution in [1.82, 2.24) is 5.32 Å². The van der Waals surface area contributed by atoms with Gasteiger partial charge in [0, 0.05) is 13.0 Å². The molecule has 0 aliphatic rings. The van der Waals surface area contributed by atoms with Crippen LogP contribution in [-0.2, 0) is 16.1 Å². The highest BCUT2D eigenvalue weighted by Crippen LogP contribution is 2.34. The average molecular weight is 409 g/mol. The lowest BCUT2D eigenvalue weighted by Gasteiger charge is -2.11. The van der Waals surface area contributed by atoms with Crippen molar-refractivity contribution in [3.63, 3.8) is 0 Å². The van der Waals surface area contributed by atoms with Gasteiger partial charge in [0.25, 0.3) is 0 Å². The normalized spacial score (nSPS) is 10.4. The first-order chi connectivity index (χ1) is 9.58. The lowest BCUT2D eigenvalue weighted by molar-refractivity contribution is -0.140. The van der Waals surface area contributed by atoms with E-state index in [0.717, 1.165) is 39.8 Å². The van der Waals surface area contributed by atoms with Gasteiger partial charge in [-0.15, -0.1) is 0 Å². The second kappa shape index (κ2) is 9.37. The molecule has 0 saturated carbocycles. The number of esters is 1. The fraction of sp³-hybridized carbons (Fsp3) is 0.500. The summed E-state index contributed by atoms with van der Waals surface area (Å²) >= 11 is 7.01. The molecule has 0 aliphatic heterocycles. The molecule has 1 rings (SSSR count). The van der Waals surface area contributed by atoms with Gasteiger partial charge in [0.1, 0.15) is 5.75 Å². The van der Waals surface area contributed by atoms with Gasteiger partial charge in [0.05, 0.1) is 22.7 Å². The van der Waals surface area contributed by atoms with Gasteiger partial charge < -0.3 is 14.8 Å². The molecule has 0 atom stereocenters. The molecule has 0 saturated heterocycles. The molecule has 0 heterocycles. The largest absolute Gasteiger partial charge is 0.492 e. The van der Waals surface area contributed by atoms with E-state index in [1.807, 2.05) is 19.1 Å². The molecule has 20 heavy (non-hydrogen) atoms. The van der Waals surface area contributed by atoms with Gasteiger partial charge in [0.2, 0.25) is 0 Å². The van der Waals surface area contributed by atoms with Crippen LogP contribution in [0.25, 0.3) is 0 Å². The van der Waals surface area contributed by atoms with Gasteiger partial charge in [-0.3, -0.25) is 4.79 Å². The number of methoxy groups -OCH3 is 1. The summed E-state index contributed by atoms with van der Waals surface area (Å²) in [5, 5.41) is 3.30. The molecule has 4 nitrogen and oxygen atoms in total. The molecule has 0 aliphatic carbocycles. The number of carbonyl (C=O) groups is 1. The minimum atomic E-state index is -0.168. The maximum atomic E-state index is 11.0. The SMILES string of the molecule is CCOc1c(Br)cc(CNCCCC(=O)OC)cc1Br. The van der Waals surface area contributed by atoms with Crippen molar-refractivity contribution in [2.24, 2.45) is 0 Å². The van der Waals surface area contributed by atoms with Crippen molar-refractivity contribution in [1.29, 1.82) is 0 Å². The summed E-state index contributed by atoms with van der Waals surface area (Å²) in [6, 6.07) is 4.06. The van der Waals surface area contributed by atoms with Crippen molar-refractivity contribution in [2.75, 3.05) is 20.3 Å². The van der Waals surface area contributed by atoms with Crippen LogP contribution >= 0.6 is 31.9 Å². The van der Waals surface area contributed by atoms with Crippen molar-refractivity contribution in [2.45, 2.75) is 26.3 Å². The quantitative estimate of drug-likeness (QED) is 0.526. The number of hydrogen-bond acceptors (Lipinski definition) is 4. The van der Waals surface area contributed by atoms with Crippen LogP contribution in [0.2, 0.25) is 0 Å². The van der Waals surface area contributed by atoms with Crippen LogP contribution in [0.3, 0.4) is 0 Å². The summed E-state index contributed by atoms with van der Waals surface area (Å²) in [6.45, 7) is 4.10. The number of halogens is 2. The lowest BCUT2D eigenvalue weighted by atomic mass is 10.2. The van der Waals surface area contributed by atoms with Gasteiger partial charge in [-0.1, -0.05) is 0 Å². The van der Waals surface area contributed by atoms with Crippen LogP contribution in [0.15, 0.2) is 21.1 Å². The van der Waals surface area contributed by atoms with E-state index in [0.29, 0.717) is 13.0 Å². The topological polar surface area (TPSA) is 47.6 Å². The van der Waals surface area contributed by atoms with E-state index in [4.69, 9.17) is 4.74 Å². The number of rotatable bonds is 8. The summed E-state index contributed by atoms with van der Waals surface area (Å²) < 4.78 is 12.0. The Morgan fingerprint density at radius 2 is 1.95 bits per heavy atom. The Labute approximate surface area is 136 Å². The third kappa shape index (κ3) is 5.81. The first-order valence-corrected chi connectivity index (χ1v) is 8.05. The molecular formula is C14H19Br2NO3. The van der Waals surface area contributed by atoms with E-state index in [2.05, 4.69) is 41.9 Å². The Kier molecular flexibility index (Phi) is 8.18. The predicted octanol–water partition coefficient (Wildman–Crippen LogP) is 3.65. The summed E-state index contributed by atoms with van der Waals surface area (Å²) in [7, 11) is 1.41. The first kappa shape index (κ1) is 17.5. The minimum absolute atomic E-state index is 0.168.